The Morgan fingerprint density at radius 1 is 1.18 bits per heavy atom. The van der Waals surface area contributed by atoms with Gasteiger partial charge in [-0.3, -0.25) is 14.4 Å². The average Bonchev–Trinajstić information content (AvgIpc) is 2.66. The highest BCUT2D eigenvalue weighted by atomic mass is 79.9. The van der Waals surface area contributed by atoms with Crippen LogP contribution in [0.15, 0.2) is 53.0 Å². The summed E-state index contributed by atoms with van der Waals surface area (Å²) in [4.78, 5) is 38.3. The van der Waals surface area contributed by atoms with Gasteiger partial charge >= 0.3 is 5.97 Å². The smallest absolute Gasteiger partial charge is 0.309 e. The van der Waals surface area contributed by atoms with Gasteiger partial charge in [0, 0.05) is 23.5 Å². The number of halogens is 1. The predicted octanol–water partition coefficient (Wildman–Crippen LogP) is 3.05. The number of nitrogens with two attached hydrogens (primary N) is 1. The van der Waals surface area contributed by atoms with E-state index in [0.717, 1.165) is 22.0 Å². The lowest BCUT2D eigenvalue weighted by Crippen LogP contribution is -2.40. The molecule has 0 fully saturated rings. The third kappa shape index (κ3) is 4.42. The molecule has 0 bridgehead atoms. The van der Waals surface area contributed by atoms with E-state index >= 15 is 0 Å². The van der Waals surface area contributed by atoms with Crippen LogP contribution in [0.5, 0.6) is 0 Å². The van der Waals surface area contributed by atoms with Crippen molar-refractivity contribution in [2.24, 2.45) is 5.73 Å². The highest BCUT2D eigenvalue weighted by Crippen LogP contribution is 2.33. The van der Waals surface area contributed by atoms with E-state index < -0.39 is 24.0 Å². The van der Waals surface area contributed by atoms with Crippen LogP contribution in [-0.2, 0) is 25.5 Å². The molecule has 1 aliphatic heterocycles. The molecule has 0 saturated carbocycles. The van der Waals surface area contributed by atoms with Gasteiger partial charge in [0.2, 0.25) is 12.0 Å². The monoisotopic (exact) mass is 444 g/mol. The van der Waals surface area contributed by atoms with E-state index in [2.05, 4.69) is 15.9 Å². The number of rotatable bonds is 5. The molecule has 146 valence electrons. The van der Waals surface area contributed by atoms with Crippen LogP contribution in [-0.4, -0.2) is 29.2 Å². The molecule has 2 aromatic rings. The topological polar surface area (TPSA) is 89.7 Å². The maximum atomic E-state index is 12.7. The van der Waals surface area contributed by atoms with Gasteiger partial charge in [0.15, 0.2) is 0 Å². The van der Waals surface area contributed by atoms with Crippen LogP contribution in [0, 0.1) is 0 Å². The fourth-order valence-corrected chi connectivity index (χ4v) is 3.78. The van der Waals surface area contributed by atoms with Gasteiger partial charge < -0.3 is 15.4 Å². The van der Waals surface area contributed by atoms with E-state index in [0.29, 0.717) is 12.1 Å². The molecule has 2 N–H and O–H groups in total. The Morgan fingerprint density at radius 2 is 1.86 bits per heavy atom. The van der Waals surface area contributed by atoms with Gasteiger partial charge in [-0.25, -0.2) is 0 Å². The summed E-state index contributed by atoms with van der Waals surface area (Å²) in [5.41, 5.74) is 7.98. The summed E-state index contributed by atoms with van der Waals surface area (Å²) in [5.74, 6) is -1.44. The van der Waals surface area contributed by atoms with Crippen LogP contribution < -0.4 is 5.73 Å². The Hall–Kier alpha value is -2.67. The molecule has 2 unspecified atom stereocenters. The predicted molar refractivity (Wildman–Crippen MR) is 107 cm³/mol. The molecular formula is C21H21BrN2O4. The standard InChI is InChI=1S/C21H21BrN2O4/c1-13(25)24-11-10-14-4-2-3-5-17(14)18(24)12-19(26)28-20(21(23)27)15-6-8-16(22)9-7-15/h2-9,18,20H,10-12H2,1H3,(H2,23,27). The van der Waals surface area contributed by atoms with Crippen molar-refractivity contribution in [2.75, 3.05) is 6.54 Å². The number of esters is 1. The summed E-state index contributed by atoms with van der Waals surface area (Å²) >= 11 is 3.32. The van der Waals surface area contributed by atoms with Crippen LogP contribution in [0.1, 0.15) is 42.2 Å². The number of amides is 2. The van der Waals surface area contributed by atoms with Gasteiger partial charge in [-0.15, -0.1) is 0 Å². The number of hydrogen-bond donors (Lipinski definition) is 1. The second-order valence-electron chi connectivity index (χ2n) is 6.70. The number of carbonyl (C=O) groups is 3. The Kier molecular flexibility index (Phi) is 6.14. The summed E-state index contributed by atoms with van der Waals surface area (Å²) in [6, 6.07) is 14.1. The Labute approximate surface area is 171 Å². The number of nitrogens with zero attached hydrogens (tertiary/aromatic N) is 1. The summed E-state index contributed by atoms with van der Waals surface area (Å²) in [7, 11) is 0. The van der Waals surface area contributed by atoms with Crippen molar-refractivity contribution in [1.82, 2.24) is 4.90 Å². The second kappa shape index (κ2) is 8.56. The highest BCUT2D eigenvalue weighted by Gasteiger charge is 2.32. The van der Waals surface area contributed by atoms with Crippen molar-refractivity contribution in [3.8, 4) is 0 Å². The van der Waals surface area contributed by atoms with Crippen LogP contribution in [0.3, 0.4) is 0 Å². The first-order chi connectivity index (χ1) is 13.4. The van der Waals surface area contributed by atoms with Crippen LogP contribution >= 0.6 is 15.9 Å². The lowest BCUT2D eigenvalue weighted by molar-refractivity contribution is -0.157. The normalized spacial score (nSPS) is 16.8. The van der Waals surface area contributed by atoms with Crippen molar-refractivity contribution < 1.29 is 19.1 Å². The maximum Gasteiger partial charge on any atom is 0.309 e. The number of carbonyl (C=O) groups excluding carboxylic acids is 3. The fourth-order valence-electron chi connectivity index (χ4n) is 3.51. The zero-order chi connectivity index (χ0) is 20.3. The number of hydrogen-bond acceptors (Lipinski definition) is 4. The molecule has 1 heterocycles. The molecule has 2 atom stereocenters. The molecule has 0 aliphatic carbocycles. The van der Waals surface area contributed by atoms with E-state index in [-0.39, 0.29) is 12.3 Å². The van der Waals surface area contributed by atoms with Crippen molar-refractivity contribution in [3.63, 3.8) is 0 Å². The fraction of sp³-hybridized carbons (Fsp3) is 0.286. The third-order valence-corrected chi connectivity index (χ3v) is 5.39. The SMILES string of the molecule is CC(=O)N1CCc2ccccc2C1CC(=O)OC(C(N)=O)c1ccc(Br)cc1. The molecule has 3 rings (SSSR count). The minimum absolute atomic E-state index is 0.0447. The first-order valence-electron chi connectivity index (χ1n) is 8.96. The van der Waals surface area contributed by atoms with Crippen LogP contribution in [0.4, 0.5) is 0 Å². The summed E-state index contributed by atoms with van der Waals surface area (Å²) in [5, 5.41) is 0. The largest absolute Gasteiger partial charge is 0.447 e. The minimum Gasteiger partial charge on any atom is -0.447 e. The molecule has 2 aromatic carbocycles. The maximum absolute atomic E-state index is 12.7. The number of ether oxygens (including phenoxy) is 1. The second-order valence-corrected chi connectivity index (χ2v) is 7.62. The zero-order valence-corrected chi connectivity index (χ0v) is 17.0. The number of primary amides is 1. The van der Waals surface area contributed by atoms with Gasteiger partial charge in [-0.1, -0.05) is 52.3 Å². The minimum atomic E-state index is -1.18. The molecule has 28 heavy (non-hydrogen) atoms. The van der Waals surface area contributed by atoms with E-state index in [1.54, 1.807) is 29.2 Å². The first kappa shape index (κ1) is 20.1. The van der Waals surface area contributed by atoms with Crippen molar-refractivity contribution in [1.29, 1.82) is 0 Å². The molecular weight excluding hydrogens is 424 g/mol. The van der Waals surface area contributed by atoms with Gasteiger partial charge in [-0.05, 0) is 29.7 Å². The summed E-state index contributed by atoms with van der Waals surface area (Å²) in [6.07, 6.45) is -0.480. The zero-order valence-electron chi connectivity index (χ0n) is 15.4. The van der Waals surface area contributed by atoms with Crippen LogP contribution in [0.2, 0.25) is 0 Å². The van der Waals surface area contributed by atoms with Crippen LogP contribution in [0.25, 0.3) is 0 Å². The first-order valence-corrected chi connectivity index (χ1v) is 9.75. The van der Waals surface area contributed by atoms with Gasteiger partial charge in [0.1, 0.15) is 0 Å². The van der Waals surface area contributed by atoms with E-state index in [4.69, 9.17) is 10.5 Å². The molecule has 0 aromatic heterocycles. The number of benzene rings is 2. The molecule has 1 aliphatic rings. The van der Waals surface area contributed by atoms with E-state index in [9.17, 15) is 14.4 Å². The average molecular weight is 445 g/mol. The van der Waals surface area contributed by atoms with Gasteiger partial charge in [0.25, 0.3) is 5.91 Å². The highest BCUT2D eigenvalue weighted by molar-refractivity contribution is 9.10. The van der Waals surface area contributed by atoms with Crippen molar-refractivity contribution in [3.05, 3.63) is 69.7 Å². The molecule has 0 saturated heterocycles. The Bertz CT molecular complexity index is 898. The van der Waals surface area contributed by atoms with Gasteiger partial charge in [-0.2, -0.15) is 0 Å². The molecule has 0 radical (unpaired) electrons. The molecule has 6 nitrogen and oxygen atoms in total. The summed E-state index contributed by atoms with van der Waals surface area (Å²) in [6.45, 7) is 2.02. The van der Waals surface area contributed by atoms with Crippen molar-refractivity contribution >= 4 is 33.7 Å². The number of fused-ring (bicyclic) bond motifs is 1. The lowest BCUT2D eigenvalue weighted by atomic mass is 9.90. The summed E-state index contributed by atoms with van der Waals surface area (Å²) < 4.78 is 6.25. The quantitative estimate of drug-likeness (QED) is 0.717. The van der Waals surface area contributed by atoms with E-state index in [1.165, 1.54) is 6.92 Å². The van der Waals surface area contributed by atoms with E-state index in [1.807, 2.05) is 24.3 Å². The third-order valence-electron chi connectivity index (χ3n) is 4.86. The van der Waals surface area contributed by atoms with Gasteiger partial charge in [0.05, 0.1) is 12.5 Å². The molecule has 2 amide bonds. The van der Waals surface area contributed by atoms with Crippen molar-refractivity contribution in [2.45, 2.75) is 31.9 Å². The molecule has 7 heteroatoms. The lowest BCUT2D eigenvalue weighted by Gasteiger charge is -2.36. The molecule has 0 spiro atoms. The Morgan fingerprint density at radius 3 is 2.50 bits per heavy atom. The Balaban J connectivity index is 1.80.